The number of amides is 1. The number of rotatable bonds is 8. The first kappa shape index (κ1) is 19.4. The Morgan fingerprint density at radius 2 is 1.96 bits per heavy atom. The molecule has 0 bridgehead atoms. The Bertz CT molecular complexity index is 728. The van der Waals surface area contributed by atoms with Gasteiger partial charge in [-0.3, -0.25) is 9.59 Å². The Balaban J connectivity index is 1.82. The van der Waals surface area contributed by atoms with Crippen LogP contribution in [0.3, 0.4) is 0 Å². The van der Waals surface area contributed by atoms with Gasteiger partial charge in [-0.2, -0.15) is 0 Å². The standard InChI is InChI=1S/C18H21ClN2O3S/c1-3-24-17(23)9-8-16(22)20-11-10-15-12(2)21-18(25-15)13-4-6-14(19)7-5-13/h4-7H,3,8-11H2,1-2H3,(H,20,22). The smallest absolute Gasteiger partial charge is 0.306 e. The number of halogens is 1. The van der Waals surface area contributed by atoms with E-state index in [2.05, 4.69) is 10.3 Å². The zero-order valence-corrected chi connectivity index (χ0v) is 15.9. The predicted molar refractivity (Wildman–Crippen MR) is 99.9 cm³/mol. The van der Waals surface area contributed by atoms with Gasteiger partial charge in [-0.05, 0) is 26.0 Å². The second-order valence-corrected chi connectivity index (χ2v) is 6.96. The SMILES string of the molecule is CCOC(=O)CCC(=O)NCCc1sc(-c2ccc(Cl)cc2)nc1C. The van der Waals surface area contributed by atoms with E-state index >= 15 is 0 Å². The van der Waals surface area contributed by atoms with Crippen LogP contribution in [0.15, 0.2) is 24.3 Å². The minimum absolute atomic E-state index is 0.111. The molecule has 134 valence electrons. The Morgan fingerprint density at radius 3 is 2.64 bits per heavy atom. The third kappa shape index (κ3) is 6.14. The van der Waals surface area contributed by atoms with Crippen molar-refractivity contribution in [3.63, 3.8) is 0 Å². The Labute approximate surface area is 156 Å². The second-order valence-electron chi connectivity index (χ2n) is 5.44. The number of aryl methyl sites for hydroxylation is 1. The summed E-state index contributed by atoms with van der Waals surface area (Å²) in [5.74, 6) is -0.489. The summed E-state index contributed by atoms with van der Waals surface area (Å²) in [6, 6.07) is 7.58. The molecule has 1 N–H and O–H groups in total. The summed E-state index contributed by atoms with van der Waals surface area (Å²) in [5.41, 5.74) is 2.00. The van der Waals surface area contributed by atoms with Crippen LogP contribution in [-0.2, 0) is 20.7 Å². The number of ether oxygens (including phenoxy) is 1. The van der Waals surface area contributed by atoms with E-state index in [0.717, 1.165) is 21.1 Å². The molecule has 1 amide bonds. The third-order valence-corrected chi connectivity index (χ3v) is 5.04. The lowest BCUT2D eigenvalue weighted by molar-refractivity contribution is -0.144. The van der Waals surface area contributed by atoms with Crippen molar-refractivity contribution in [1.29, 1.82) is 0 Å². The first-order chi connectivity index (χ1) is 12.0. The number of carbonyl (C=O) groups excluding carboxylic acids is 2. The molecule has 0 radical (unpaired) electrons. The lowest BCUT2D eigenvalue weighted by Crippen LogP contribution is -2.26. The van der Waals surface area contributed by atoms with Crippen LogP contribution in [0.2, 0.25) is 5.02 Å². The minimum atomic E-state index is -0.344. The average Bonchev–Trinajstić information content (AvgIpc) is 2.95. The van der Waals surface area contributed by atoms with Crippen molar-refractivity contribution in [3.05, 3.63) is 39.9 Å². The van der Waals surface area contributed by atoms with Crippen LogP contribution in [0.25, 0.3) is 10.6 Å². The summed E-state index contributed by atoms with van der Waals surface area (Å²) in [4.78, 5) is 28.7. The average molecular weight is 381 g/mol. The molecule has 0 unspecified atom stereocenters. The van der Waals surface area contributed by atoms with E-state index in [1.165, 1.54) is 0 Å². The highest BCUT2D eigenvalue weighted by atomic mass is 35.5. The Kier molecular flexibility index (Phi) is 7.40. The maximum absolute atomic E-state index is 11.7. The summed E-state index contributed by atoms with van der Waals surface area (Å²) >= 11 is 7.53. The number of hydrogen-bond acceptors (Lipinski definition) is 5. The third-order valence-electron chi connectivity index (χ3n) is 3.52. The molecule has 1 aromatic carbocycles. The maximum atomic E-state index is 11.7. The van der Waals surface area contributed by atoms with Crippen LogP contribution in [-0.4, -0.2) is 30.0 Å². The molecular weight excluding hydrogens is 360 g/mol. The Hall–Kier alpha value is -1.92. The van der Waals surface area contributed by atoms with Crippen molar-refractivity contribution in [2.45, 2.75) is 33.1 Å². The lowest BCUT2D eigenvalue weighted by Gasteiger charge is -2.04. The van der Waals surface area contributed by atoms with Gasteiger partial charge in [0, 0.05) is 34.8 Å². The van der Waals surface area contributed by atoms with Crippen molar-refractivity contribution < 1.29 is 14.3 Å². The molecule has 0 aliphatic rings. The molecular formula is C18H21ClN2O3S. The molecule has 7 heteroatoms. The van der Waals surface area contributed by atoms with E-state index < -0.39 is 0 Å². The molecule has 2 aromatic rings. The highest BCUT2D eigenvalue weighted by Crippen LogP contribution is 2.28. The van der Waals surface area contributed by atoms with Gasteiger partial charge in [0.1, 0.15) is 5.01 Å². The lowest BCUT2D eigenvalue weighted by atomic mass is 10.2. The molecule has 0 aliphatic heterocycles. The van der Waals surface area contributed by atoms with E-state index in [0.29, 0.717) is 24.6 Å². The van der Waals surface area contributed by atoms with Gasteiger partial charge in [-0.25, -0.2) is 4.98 Å². The topological polar surface area (TPSA) is 68.3 Å². The summed E-state index contributed by atoms with van der Waals surface area (Å²) in [6.07, 6.45) is 0.971. The van der Waals surface area contributed by atoms with Gasteiger partial charge in [0.25, 0.3) is 0 Å². The van der Waals surface area contributed by atoms with Gasteiger partial charge in [0.2, 0.25) is 5.91 Å². The fraction of sp³-hybridized carbons (Fsp3) is 0.389. The highest BCUT2D eigenvalue weighted by molar-refractivity contribution is 7.15. The largest absolute Gasteiger partial charge is 0.466 e. The number of nitrogens with zero attached hydrogens (tertiary/aromatic N) is 1. The number of carbonyl (C=O) groups is 2. The van der Waals surface area contributed by atoms with Gasteiger partial charge >= 0.3 is 5.97 Å². The molecule has 1 heterocycles. The van der Waals surface area contributed by atoms with E-state index in [1.807, 2.05) is 31.2 Å². The number of nitrogens with one attached hydrogen (secondary N) is 1. The zero-order chi connectivity index (χ0) is 18.2. The van der Waals surface area contributed by atoms with Crippen molar-refractivity contribution in [1.82, 2.24) is 10.3 Å². The van der Waals surface area contributed by atoms with Gasteiger partial charge < -0.3 is 10.1 Å². The highest BCUT2D eigenvalue weighted by Gasteiger charge is 2.11. The van der Waals surface area contributed by atoms with Crippen LogP contribution in [0, 0.1) is 6.92 Å². The van der Waals surface area contributed by atoms with Crippen LogP contribution < -0.4 is 5.32 Å². The molecule has 25 heavy (non-hydrogen) atoms. The fourth-order valence-electron chi connectivity index (χ4n) is 2.23. The fourth-order valence-corrected chi connectivity index (χ4v) is 3.42. The van der Waals surface area contributed by atoms with Gasteiger partial charge in [0.15, 0.2) is 0 Å². The molecule has 1 aromatic heterocycles. The minimum Gasteiger partial charge on any atom is -0.466 e. The van der Waals surface area contributed by atoms with Crippen LogP contribution in [0.4, 0.5) is 0 Å². The van der Waals surface area contributed by atoms with Gasteiger partial charge in [0.05, 0.1) is 18.7 Å². The maximum Gasteiger partial charge on any atom is 0.306 e. The summed E-state index contributed by atoms with van der Waals surface area (Å²) in [5, 5.41) is 4.47. The zero-order valence-electron chi connectivity index (χ0n) is 14.3. The first-order valence-corrected chi connectivity index (χ1v) is 9.33. The molecule has 5 nitrogen and oxygen atoms in total. The number of thiazole rings is 1. The van der Waals surface area contributed by atoms with Crippen LogP contribution in [0.5, 0.6) is 0 Å². The van der Waals surface area contributed by atoms with Gasteiger partial charge in [-0.1, -0.05) is 23.7 Å². The van der Waals surface area contributed by atoms with Crippen molar-refractivity contribution in [3.8, 4) is 10.6 Å². The summed E-state index contributed by atoms with van der Waals surface area (Å²) in [7, 11) is 0. The normalized spacial score (nSPS) is 10.5. The quantitative estimate of drug-likeness (QED) is 0.708. The Morgan fingerprint density at radius 1 is 1.24 bits per heavy atom. The number of benzene rings is 1. The molecule has 2 rings (SSSR count). The number of aromatic nitrogens is 1. The molecule has 0 saturated heterocycles. The van der Waals surface area contributed by atoms with Crippen molar-refractivity contribution in [2.75, 3.05) is 13.2 Å². The van der Waals surface area contributed by atoms with Crippen molar-refractivity contribution in [2.24, 2.45) is 0 Å². The van der Waals surface area contributed by atoms with Crippen LogP contribution >= 0.6 is 22.9 Å². The summed E-state index contributed by atoms with van der Waals surface area (Å²) < 4.78 is 4.80. The first-order valence-electron chi connectivity index (χ1n) is 8.14. The van der Waals surface area contributed by atoms with E-state index in [1.54, 1.807) is 18.3 Å². The summed E-state index contributed by atoms with van der Waals surface area (Å²) in [6.45, 7) is 4.56. The molecule has 0 fully saturated rings. The molecule has 0 atom stereocenters. The predicted octanol–water partition coefficient (Wildman–Crippen LogP) is 3.77. The van der Waals surface area contributed by atoms with Gasteiger partial charge in [-0.15, -0.1) is 11.3 Å². The number of esters is 1. The van der Waals surface area contributed by atoms with Crippen molar-refractivity contribution >= 4 is 34.8 Å². The molecule has 0 aliphatic carbocycles. The van der Waals surface area contributed by atoms with E-state index in [4.69, 9.17) is 16.3 Å². The van der Waals surface area contributed by atoms with E-state index in [-0.39, 0.29) is 24.7 Å². The van der Waals surface area contributed by atoms with Crippen LogP contribution in [0.1, 0.15) is 30.3 Å². The van der Waals surface area contributed by atoms with E-state index in [9.17, 15) is 9.59 Å². The monoisotopic (exact) mass is 380 g/mol. The second kappa shape index (κ2) is 9.53. The number of hydrogen-bond donors (Lipinski definition) is 1. The molecule has 0 spiro atoms. The molecule has 0 saturated carbocycles.